The Bertz CT molecular complexity index is 271. The highest BCUT2D eigenvalue weighted by molar-refractivity contribution is 5.83. The van der Waals surface area contributed by atoms with Gasteiger partial charge in [0.1, 0.15) is 5.84 Å². The second kappa shape index (κ2) is 7.14. The van der Waals surface area contributed by atoms with Gasteiger partial charge in [-0.15, -0.1) is 0 Å². The summed E-state index contributed by atoms with van der Waals surface area (Å²) >= 11 is 0. The predicted octanol–water partition coefficient (Wildman–Crippen LogP) is 1.46. The zero-order valence-electron chi connectivity index (χ0n) is 10.5. The van der Waals surface area contributed by atoms with Crippen LogP contribution in [0.25, 0.3) is 0 Å². The molecule has 5 heteroatoms. The van der Waals surface area contributed by atoms with E-state index in [2.05, 4.69) is 10.5 Å². The molecule has 4 N–H and O–H groups in total. The lowest BCUT2D eigenvalue weighted by molar-refractivity contribution is -0.125. The van der Waals surface area contributed by atoms with E-state index in [0.29, 0.717) is 6.54 Å². The van der Waals surface area contributed by atoms with Gasteiger partial charge in [-0.05, 0) is 12.8 Å². The van der Waals surface area contributed by atoms with Gasteiger partial charge in [0.05, 0.1) is 0 Å². The number of nitrogens with two attached hydrogens (primary N) is 1. The van der Waals surface area contributed by atoms with Crippen LogP contribution < -0.4 is 11.1 Å². The van der Waals surface area contributed by atoms with Crippen molar-refractivity contribution < 1.29 is 10.0 Å². The van der Waals surface area contributed by atoms with Crippen molar-refractivity contribution in [2.24, 2.45) is 22.7 Å². The minimum atomic E-state index is -0.130. The molecule has 98 valence electrons. The molecule has 1 unspecified atom stereocenters. The minimum absolute atomic E-state index is 0.115. The van der Waals surface area contributed by atoms with Crippen molar-refractivity contribution in [1.82, 2.24) is 5.32 Å². The van der Waals surface area contributed by atoms with Gasteiger partial charge >= 0.3 is 0 Å². The fraction of sp³-hybridized carbons (Fsp3) is 0.833. The second-order valence-electron chi connectivity index (χ2n) is 4.86. The highest BCUT2D eigenvalue weighted by Gasteiger charge is 2.20. The van der Waals surface area contributed by atoms with E-state index in [9.17, 15) is 4.79 Å². The number of nitrogens with one attached hydrogen (secondary N) is 1. The van der Waals surface area contributed by atoms with Crippen LogP contribution in [0.5, 0.6) is 0 Å². The van der Waals surface area contributed by atoms with Crippen LogP contribution in [-0.4, -0.2) is 23.5 Å². The van der Waals surface area contributed by atoms with E-state index in [1.165, 1.54) is 12.8 Å². The monoisotopic (exact) mass is 241 g/mol. The molecule has 0 heterocycles. The second-order valence-corrected chi connectivity index (χ2v) is 4.86. The predicted molar refractivity (Wildman–Crippen MR) is 66.8 cm³/mol. The quantitative estimate of drug-likeness (QED) is 0.229. The number of amidine groups is 1. The molecule has 1 amide bonds. The molecule has 0 aromatic carbocycles. The summed E-state index contributed by atoms with van der Waals surface area (Å²) in [5.41, 5.74) is 5.45. The number of nitrogens with zero attached hydrogens (tertiary/aromatic N) is 1. The third-order valence-corrected chi connectivity index (χ3v) is 3.43. The molecular weight excluding hydrogens is 218 g/mol. The van der Waals surface area contributed by atoms with Gasteiger partial charge in [-0.25, -0.2) is 0 Å². The number of oxime groups is 1. The summed E-state index contributed by atoms with van der Waals surface area (Å²) in [6.07, 6.45) is 6.75. The summed E-state index contributed by atoms with van der Waals surface area (Å²) < 4.78 is 0. The SMILES string of the molecule is CC(CNC(=O)C1CCCCCC1)C(N)=NO. The Morgan fingerprint density at radius 2 is 2.00 bits per heavy atom. The van der Waals surface area contributed by atoms with Crippen LogP contribution >= 0.6 is 0 Å². The lowest BCUT2D eigenvalue weighted by atomic mass is 9.99. The summed E-state index contributed by atoms with van der Waals surface area (Å²) in [5, 5.41) is 14.3. The standard InChI is InChI=1S/C12H23N3O2/c1-9(11(13)15-17)8-14-12(16)10-6-4-2-3-5-7-10/h9-10,17H,2-8H2,1H3,(H2,13,15)(H,14,16). The van der Waals surface area contributed by atoms with E-state index in [1.807, 2.05) is 6.92 Å². The molecule has 0 bridgehead atoms. The minimum Gasteiger partial charge on any atom is -0.409 e. The Kier molecular flexibility index (Phi) is 5.80. The molecule has 1 fully saturated rings. The summed E-state index contributed by atoms with van der Waals surface area (Å²) in [6, 6.07) is 0. The first-order valence-corrected chi connectivity index (χ1v) is 6.40. The van der Waals surface area contributed by atoms with E-state index in [-0.39, 0.29) is 23.6 Å². The van der Waals surface area contributed by atoms with Crippen LogP contribution in [0.2, 0.25) is 0 Å². The van der Waals surface area contributed by atoms with Crippen LogP contribution in [0.3, 0.4) is 0 Å². The molecule has 1 aliphatic rings. The molecule has 17 heavy (non-hydrogen) atoms. The lowest BCUT2D eigenvalue weighted by Crippen LogP contribution is -2.37. The largest absolute Gasteiger partial charge is 0.409 e. The fourth-order valence-corrected chi connectivity index (χ4v) is 2.14. The third kappa shape index (κ3) is 4.63. The summed E-state index contributed by atoms with van der Waals surface area (Å²) in [6.45, 7) is 2.26. The molecule has 0 saturated heterocycles. The van der Waals surface area contributed by atoms with Gasteiger partial charge in [0, 0.05) is 18.4 Å². The Morgan fingerprint density at radius 1 is 1.41 bits per heavy atom. The van der Waals surface area contributed by atoms with Gasteiger partial charge in [0.2, 0.25) is 5.91 Å². The molecule has 1 aliphatic carbocycles. The topological polar surface area (TPSA) is 87.7 Å². The number of amides is 1. The zero-order chi connectivity index (χ0) is 12.7. The first kappa shape index (κ1) is 13.8. The van der Waals surface area contributed by atoms with Crippen LogP contribution in [0, 0.1) is 11.8 Å². The van der Waals surface area contributed by atoms with Gasteiger partial charge in [-0.3, -0.25) is 4.79 Å². The molecular formula is C12H23N3O2. The number of carbonyl (C=O) groups is 1. The summed E-state index contributed by atoms with van der Waals surface area (Å²) in [4.78, 5) is 11.9. The molecule has 1 atom stereocenters. The first-order valence-electron chi connectivity index (χ1n) is 6.40. The maximum Gasteiger partial charge on any atom is 0.223 e. The first-order chi connectivity index (χ1) is 8.15. The maximum absolute atomic E-state index is 11.9. The van der Waals surface area contributed by atoms with E-state index >= 15 is 0 Å². The molecule has 0 aromatic rings. The Morgan fingerprint density at radius 3 is 2.53 bits per heavy atom. The van der Waals surface area contributed by atoms with Gasteiger partial charge in [0.25, 0.3) is 0 Å². The Labute approximate surface area is 102 Å². The molecule has 0 aliphatic heterocycles. The van der Waals surface area contributed by atoms with Crippen LogP contribution in [0.4, 0.5) is 0 Å². The highest BCUT2D eigenvalue weighted by atomic mass is 16.4. The van der Waals surface area contributed by atoms with Crippen molar-refractivity contribution >= 4 is 11.7 Å². The van der Waals surface area contributed by atoms with Crippen LogP contribution in [0.1, 0.15) is 45.4 Å². The highest BCUT2D eigenvalue weighted by Crippen LogP contribution is 2.22. The average molecular weight is 241 g/mol. The number of carbonyl (C=O) groups excluding carboxylic acids is 1. The molecule has 1 rings (SSSR count). The zero-order valence-corrected chi connectivity index (χ0v) is 10.5. The molecule has 0 radical (unpaired) electrons. The van der Waals surface area contributed by atoms with Crippen molar-refractivity contribution in [1.29, 1.82) is 0 Å². The maximum atomic E-state index is 11.9. The smallest absolute Gasteiger partial charge is 0.223 e. The molecule has 1 saturated carbocycles. The van der Waals surface area contributed by atoms with Crippen molar-refractivity contribution in [2.45, 2.75) is 45.4 Å². The summed E-state index contributed by atoms with van der Waals surface area (Å²) in [5.74, 6) is 0.294. The van der Waals surface area contributed by atoms with Gasteiger partial charge in [-0.2, -0.15) is 0 Å². The summed E-state index contributed by atoms with van der Waals surface area (Å²) in [7, 11) is 0. The Balaban J connectivity index is 2.33. The van der Waals surface area contributed by atoms with E-state index in [1.54, 1.807) is 0 Å². The van der Waals surface area contributed by atoms with Crippen molar-refractivity contribution in [3.8, 4) is 0 Å². The van der Waals surface area contributed by atoms with E-state index < -0.39 is 0 Å². The molecule has 0 spiro atoms. The molecule has 5 nitrogen and oxygen atoms in total. The van der Waals surface area contributed by atoms with Crippen molar-refractivity contribution in [3.05, 3.63) is 0 Å². The Hall–Kier alpha value is -1.26. The van der Waals surface area contributed by atoms with Crippen LogP contribution in [0.15, 0.2) is 5.16 Å². The van der Waals surface area contributed by atoms with E-state index in [0.717, 1.165) is 25.7 Å². The fourth-order valence-electron chi connectivity index (χ4n) is 2.14. The van der Waals surface area contributed by atoms with Gasteiger partial charge < -0.3 is 16.3 Å². The van der Waals surface area contributed by atoms with Crippen LogP contribution in [-0.2, 0) is 4.79 Å². The molecule has 0 aromatic heterocycles. The number of hydrogen-bond donors (Lipinski definition) is 3. The van der Waals surface area contributed by atoms with Crippen molar-refractivity contribution in [3.63, 3.8) is 0 Å². The van der Waals surface area contributed by atoms with E-state index in [4.69, 9.17) is 10.9 Å². The van der Waals surface area contributed by atoms with Crippen molar-refractivity contribution in [2.75, 3.05) is 6.54 Å². The number of hydrogen-bond acceptors (Lipinski definition) is 3. The van der Waals surface area contributed by atoms with Gasteiger partial charge in [0.15, 0.2) is 0 Å². The number of rotatable bonds is 4. The normalized spacial score (nSPS) is 20.6. The van der Waals surface area contributed by atoms with Gasteiger partial charge in [-0.1, -0.05) is 37.8 Å². The lowest BCUT2D eigenvalue weighted by Gasteiger charge is -2.16. The average Bonchev–Trinajstić information content (AvgIpc) is 2.63. The third-order valence-electron chi connectivity index (χ3n) is 3.43.